The number of anilines is 1. The summed E-state index contributed by atoms with van der Waals surface area (Å²) in [5.74, 6) is 0.847. The highest BCUT2D eigenvalue weighted by Gasteiger charge is 2.10. The molecule has 0 amide bonds. The van der Waals surface area contributed by atoms with Crippen LogP contribution in [-0.4, -0.2) is 25.4 Å². The number of aromatic nitrogens is 1. The fourth-order valence-corrected chi connectivity index (χ4v) is 2.58. The topological polar surface area (TPSA) is 42.4 Å². The van der Waals surface area contributed by atoms with Gasteiger partial charge in [-0.05, 0) is 24.6 Å². The van der Waals surface area contributed by atoms with Gasteiger partial charge < -0.3 is 9.64 Å². The molecule has 0 N–H and O–H groups in total. The van der Waals surface area contributed by atoms with Crippen LogP contribution in [0.25, 0.3) is 0 Å². The molecule has 0 saturated heterocycles. The van der Waals surface area contributed by atoms with E-state index in [9.17, 15) is 4.79 Å². The second-order valence-corrected chi connectivity index (χ2v) is 5.28. The van der Waals surface area contributed by atoms with E-state index >= 15 is 0 Å². The molecule has 0 aliphatic carbocycles. The van der Waals surface area contributed by atoms with Crippen LogP contribution in [0.3, 0.4) is 0 Å². The molecular weight excluding hydrogens is 260 g/mol. The van der Waals surface area contributed by atoms with Gasteiger partial charge in [-0.3, -0.25) is 4.79 Å². The third kappa shape index (κ3) is 3.12. The van der Waals surface area contributed by atoms with Crippen LogP contribution in [0.4, 0.5) is 5.13 Å². The van der Waals surface area contributed by atoms with Crippen LogP contribution < -0.4 is 9.64 Å². The molecule has 4 nitrogen and oxygen atoms in total. The fraction of sp³-hybridized carbons (Fsp3) is 0.286. The minimum Gasteiger partial charge on any atom is -0.497 e. The van der Waals surface area contributed by atoms with Gasteiger partial charge in [0, 0.05) is 13.6 Å². The first-order valence-corrected chi connectivity index (χ1v) is 6.72. The van der Waals surface area contributed by atoms with Gasteiger partial charge in [0.2, 0.25) is 0 Å². The lowest BCUT2D eigenvalue weighted by Gasteiger charge is -2.15. The number of benzene rings is 1. The quantitative estimate of drug-likeness (QED) is 0.787. The molecule has 19 heavy (non-hydrogen) atoms. The molecule has 5 heteroatoms. The van der Waals surface area contributed by atoms with Crippen LogP contribution in [0.2, 0.25) is 0 Å². The Labute approximate surface area is 116 Å². The zero-order valence-electron chi connectivity index (χ0n) is 11.2. The maximum absolute atomic E-state index is 10.8. The lowest BCUT2D eigenvalue weighted by Crippen LogP contribution is -2.15. The van der Waals surface area contributed by atoms with Crippen LogP contribution in [0.15, 0.2) is 24.3 Å². The highest BCUT2D eigenvalue weighted by atomic mass is 32.1. The molecule has 0 atom stereocenters. The fourth-order valence-electron chi connectivity index (χ4n) is 1.74. The van der Waals surface area contributed by atoms with Crippen molar-refractivity contribution in [3.8, 4) is 5.75 Å². The second-order valence-electron chi connectivity index (χ2n) is 4.27. The first kappa shape index (κ1) is 13.5. The largest absolute Gasteiger partial charge is 0.497 e. The molecule has 0 spiro atoms. The Kier molecular flexibility index (Phi) is 4.16. The molecule has 0 saturated carbocycles. The van der Waals surface area contributed by atoms with E-state index in [4.69, 9.17) is 4.74 Å². The van der Waals surface area contributed by atoms with Gasteiger partial charge in [0.1, 0.15) is 5.75 Å². The SMILES string of the molecule is COc1ccc(CN(C)c2nc(C)c(C=O)s2)cc1. The molecule has 2 rings (SSSR count). The molecule has 1 heterocycles. The molecule has 100 valence electrons. The third-order valence-corrected chi connectivity index (χ3v) is 4.03. The van der Waals surface area contributed by atoms with Crippen molar-refractivity contribution in [2.45, 2.75) is 13.5 Å². The van der Waals surface area contributed by atoms with E-state index in [2.05, 4.69) is 4.98 Å². The monoisotopic (exact) mass is 276 g/mol. The Bertz CT molecular complexity index is 563. The lowest BCUT2D eigenvalue weighted by atomic mass is 10.2. The van der Waals surface area contributed by atoms with Crippen molar-refractivity contribution in [1.82, 2.24) is 4.98 Å². The molecule has 0 bridgehead atoms. The van der Waals surface area contributed by atoms with Gasteiger partial charge >= 0.3 is 0 Å². The van der Waals surface area contributed by atoms with Gasteiger partial charge in [-0.2, -0.15) is 0 Å². The molecule has 1 aromatic carbocycles. The Morgan fingerprint density at radius 1 is 1.37 bits per heavy atom. The lowest BCUT2D eigenvalue weighted by molar-refractivity contribution is 0.112. The van der Waals surface area contributed by atoms with E-state index in [-0.39, 0.29) is 0 Å². The van der Waals surface area contributed by atoms with Gasteiger partial charge in [-0.15, -0.1) is 0 Å². The average molecular weight is 276 g/mol. The summed E-state index contributed by atoms with van der Waals surface area (Å²) in [5, 5.41) is 0.857. The number of thiazole rings is 1. The number of ether oxygens (including phenoxy) is 1. The number of aldehydes is 1. The van der Waals surface area contributed by atoms with Crippen molar-refractivity contribution in [2.24, 2.45) is 0 Å². The number of hydrogen-bond acceptors (Lipinski definition) is 5. The van der Waals surface area contributed by atoms with Crippen molar-refractivity contribution in [3.63, 3.8) is 0 Å². The van der Waals surface area contributed by atoms with Crippen LogP contribution in [0.5, 0.6) is 5.75 Å². The Morgan fingerprint density at radius 2 is 2.05 bits per heavy atom. The number of aryl methyl sites for hydroxylation is 1. The van der Waals surface area contributed by atoms with Crippen molar-refractivity contribution in [3.05, 3.63) is 40.4 Å². The smallest absolute Gasteiger partial charge is 0.186 e. The Morgan fingerprint density at radius 3 is 2.58 bits per heavy atom. The normalized spacial score (nSPS) is 10.3. The van der Waals surface area contributed by atoms with Crippen molar-refractivity contribution >= 4 is 22.8 Å². The highest BCUT2D eigenvalue weighted by Crippen LogP contribution is 2.25. The zero-order valence-corrected chi connectivity index (χ0v) is 12.0. The Hall–Kier alpha value is -1.88. The van der Waals surface area contributed by atoms with Crippen LogP contribution in [-0.2, 0) is 6.54 Å². The number of carbonyl (C=O) groups excluding carboxylic acids is 1. The number of hydrogen-bond donors (Lipinski definition) is 0. The van der Waals surface area contributed by atoms with Crippen molar-refractivity contribution < 1.29 is 9.53 Å². The summed E-state index contributed by atoms with van der Waals surface area (Å²) in [6, 6.07) is 7.92. The van der Waals surface area contributed by atoms with E-state index < -0.39 is 0 Å². The standard InChI is InChI=1S/C14H16N2O2S/c1-10-13(9-17)19-14(15-10)16(2)8-11-4-6-12(18-3)7-5-11/h4-7,9H,8H2,1-3H3. The molecule has 1 aromatic heterocycles. The third-order valence-electron chi connectivity index (χ3n) is 2.83. The van der Waals surface area contributed by atoms with Crippen molar-refractivity contribution in [1.29, 1.82) is 0 Å². The summed E-state index contributed by atoms with van der Waals surface area (Å²) in [6.45, 7) is 2.60. The molecule has 0 aliphatic rings. The average Bonchev–Trinajstić information content (AvgIpc) is 2.81. The first-order chi connectivity index (χ1) is 9.13. The highest BCUT2D eigenvalue weighted by molar-refractivity contribution is 7.17. The maximum atomic E-state index is 10.8. The molecule has 2 aromatic rings. The molecule has 0 aliphatic heterocycles. The van der Waals surface area contributed by atoms with Crippen LogP contribution in [0.1, 0.15) is 20.9 Å². The molecule has 0 unspecified atom stereocenters. The summed E-state index contributed by atoms with van der Waals surface area (Å²) < 4.78 is 5.13. The zero-order chi connectivity index (χ0) is 13.8. The van der Waals surface area contributed by atoms with Gasteiger partial charge in [0.05, 0.1) is 17.7 Å². The second kappa shape index (κ2) is 5.84. The first-order valence-electron chi connectivity index (χ1n) is 5.90. The van der Waals surface area contributed by atoms with E-state index in [0.29, 0.717) is 4.88 Å². The Balaban J connectivity index is 2.10. The van der Waals surface area contributed by atoms with Gasteiger partial charge in [0.15, 0.2) is 11.4 Å². The van der Waals surface area contributed by atoms with Crippen LogP contribution >= 0.6 is 11.3 Å². The molecule has 0 radical (unpaired) electrons. The summed E-state index contributed by atoms with van der Waals surface area (Å²) in [6.07, 6.45) is 0.859. The number of methoxy groups -OCH3 is 1. The number of nitrogens with zero attached hydrogens (tertiary/aromatic N) is 2. The van der Waals surface area contributed by atoms with E-state index in [1.807, 2.05) is 43.1 Å². The van der Waals surface area contributed by atoms with Gasteiger partial charge in [-0.25, -0.2) is 4.98 Å². The van der Waals surface area contributed by atoms with Gasteiger partial charge in [-0.1, -0.05) is 23.5 Å². The molecular formula is C14H16N2O2S. The summed E-state index contributed by atoms with van der Waals surface area (Å²) >= 11 is 1.42. The van der Waals surface area contributed by atoms with E-state index in [1.165, 1.54) is 16.9 Å². The predicted octanol–water partition coefficient (Wildman–Crippen LogP) is 2.91. The summed E-state index contributed by atoms with van der Waals surface area (Å²) in [5.41, 5.74) is 1.96. The number of carbonyl (C=O) groups is 1. The summed E-state index contributed by atoms with van der Waals surface area (Å²) in [7, 11) is 3.62. The predicted molar refractivity (Wildman–Crippen MR) is 77.3 cm³/mol. The molecule has 0 fully saturated rings. The maximum Gasteiger partial charge on any atom is 0.186 e. The van der Waals surface area contributed by atoms with E-state index in [0.717, 1.165) is 29.4 Å². The van der Waals surface area contributed by atoms with Crippen LogP contribution in [0, 0.1) is 6.92 Å². The minimum absolute atomic E-state index is 0.691. The van der Waals surface area contributed by atoms with Crippen molar-refractivity contribution in [2.75, 3.05) is 19.1 Å². The summed E-state index contributed by atoms with van der Waals surface area (Å²) in [4.78, 5) is 18.0. The van der Waals surface area contributed by atoms with Gasteiger partial charge in [0.25, 0.3) is 0 Å². The van der Waals surface area contributed by atoms with E-state index in [1.54, 1.807) is 7.11 Å². The number of rotatable bonds is 5. The minimum atomic E-state index is 0.691.